The molecule has 0 saturated heterocycles. The predicted molar refractivity (Wildman–Crippen MR) is 42.5 cm³/mol. The standard InChI is InChI=1S/C8H17N/c1-4-8(2)6-5-7-9-3/h5-6,8-9H,4,7H2,1-3H3. The fourth-order valence-corrected chi connectivity index (χ4v) is 0.554. The summed E-state index contributed by atoms with van der Waals surface area (Å²) in [6.45, 7) is 5.42. The molecule has 0 aliphatic rings. The van der Waals surface area contributed by atoms with Gasteiger partial charge in [-0.25, -0.2) is 0 Å². The molecule has 0 aromatic heterocycles. The maximum absolute atomic E-state index is 3.06. The molecule has 1 heteroatoms. The van der Waals surface area contributed by atoms with Crippen molar-refractivity contribution in [2.45, 2.75) is 20.3 Å². The minimum Gasteiger partial charge on any atom is -0.316 e. The molecule has 0 spiro atoms. The molecule has 54 valence electrons. The van der Waals surface area contributed by atoms with E-state index in [1.165, 1.54) is 6.42 Å². The summed E-state index contributed by atoms with van der Waals surface area (Å²) in [5.41, 5.74) is 0. The quantitative estimate of drug-likeness (QED) is 0.568. The van der Waals surface area contributed by atoms with Crippen LogP contribution in [0, 0.1) is 5.92 Å². The van der Waals surface area contributed by atoms with Crippen LogP contribution in [-0.4, -0.2) is 13.6 Å². The van der Waals surface area contributed by atoms with Gasteiger partial charge in [-0.1, -0.05) is 32.4 Å². The molecule has 1 atom stereocenters. The summed E-state index contributed by atoms with van der Waals surface area (Å²) in [5.74, 6) is 0.735. The Morgan fingerprint density at radius 3 is 2.67 bits per heavy atom. The molecule has 0 saturated carbocycles. The number of allylic oxidation sites excluding steroid dienone is 1. The van der Waals surface area contributed by atoms with Crippen molar-refractivity contribution in [1.82, 2.24) is 5.32 Å². The Morgan fingerprint density at radius 1 is 1.56 bits per heavy atom. The highest BCUT2D eigenvalue weighted by atomic mass is 14.8. The summed E-state index contributed by atoms with van der Waals surface area (Å²) in [5, 5.41) is 3.06. The molecule has 9 heavy (non-hydrogen) atoms. The average Bonchev–Trinajstić information content (AvgIpc) is 1.89. The minimum atomic E-state index is 0.735. The smallest absolute Gasteiger partial charge is 0.0131 e. The summed E-state index contributed by atoms with van der Waals surface area (Å²) in [6, 6.07) is 0. The van der Waals surface area contributed by atoms with Gasteiger partial charge < -0.3 is 5.32 Å². The number of hydrogen-bond acceptors (Lipinski definition) is 1. The molecule has 0 aliphatic heterocycles. The van der Waals surface area contributed by atoms with Crippen molar-refractivity contribution in [1.29, 1.82) is 0 Å². The molecular weight excluding hydrogens is 110 g/mol. The molecule has 0 radical (unpaired) electrons. The summed E-state index contributed by atoms with van der Waals surface area (Å²) in [7, 11) is 1.96. The Kier molecular flexibility index (Phi) is 5.64. The van der Waals surface area contributed by atoms with E-state index in [2.05, 4.69) is 31.3 Å². The van der Waals surface area contributed by atoms with Crippen LogP contribution in [0.2, 0.25) is 0 Å². The van der Waals surface area contributed by atoms with Crippen LogP contribution in [0.25, 0.3) is 0 Å². The Morgan fingerprint density at radius 2 is 2.22 bits per heavy atom. The number of nitrogens with one attached hydrogen (secondary N) is 1. The monoisotopic (exact) mass is 127 g/mol. The summed E-state index contributed by atoms with van der Waals surface area (Å²) >= 11 is 0. The molecule has 0 aromatic rings. The highest BCUT2D eigenvalue weighted by Crippen LogP contribution is 2.00. The molecule has 0 heterocycles. The lowest BCUT2D eigenvalue weighted by atomic mass is 10.1. The van der Waals surface area contributed by atoms with Crippen molar-refractivity contribution < 1.29 is 0 Å². The zero-order chi connectivity index (χ0) is 7.11. The highest BCUT2D eigenvalue weighted by molar-refractivity contribution is 4.86. The maximum atomic E-state index is 3.06. The van der Waals surface area contributed by atoms with E-state index < -0.39 is 0 Å². The fourth-order valence-electron chi connectivity index (χ4n) is 0.554. The van der Waals surface area contributed by atoms with Gasteiger partial charge in [0.25, 0.3) is 0 Å². The third kappa shape index (κ3) is 5.57. The second-order valence-electron chi connectivity index (χ2n) is 2.37. The Balaban J connectivity index is 3.20. The third-order valence-electron chi connectivity index (χ3n) is 1.43. The van der Waals surface area contributed by atoms with Crippen LogP contribution in [0.5, 0.6) is 0 Å². The van der Waals surface area contributed by atoms with Crippen LogP contribution in [0.4, 0.5) is 0 Å². The first-order valence-corrected chi connectivity index (χ1v) is 3.62. The first-order chi connectivity index (χ1) is 4.31. The largest absolute Gasteiger partial charge is 0.316 e. The van der Waals surface area contributed by atoms with Crippen molar-refractivity contribution in [3.63, 3.8) is 0 Å². The molecule has 0 amide bonds. The predicted octanol–water partition coefficient (Wildman–Crippen LogP) is 1.81. The van der Waals surface area contributed by atoms with Gasteiger partial charge in [-0.3, -0.25) is 0 Å². The first-order valence-electron chi connectivity index (χ1n) is 3.62. The second-order valence-corrected chi connectivity index (χ2v) is 2.37. The van der Waals surface area contributed by atoms with E-state index in [0.717, 1.165) is 12.5 Å². The normalized spacial score (nSPS) is 14.6. The molecular formula is C8H17N. The Labute approximate surface area is 58.2 Å². The van der Waals surface area contributed by atoms with Gasteiger partial charge in [-0.05, 0) is 13.0 Å². The van der Waals surface area contributed by atoms with Gasteiger partial charge in [0.1, 0.15) is 0 Å². The molecule has 0 rings (SSSR count). The van der Waals surface area contributed by atoms with Crippen molar-refractivity contribution in [3.05, 3.63) is 12.2 Å². The van der Waals surface area contributed by atoms with Crippen LogP contribution in [0.15, 0.2) is 12.2 Å². The van der Waals surface area contributed by atoms with Crippen molar-refractivity contribution in [2.24, 2.45) is 5.92 Å². The van der Waals surface area contributed by atoms with Crippen LogP contribution in [0.3, 0.4) is 0 Å². The number of hydrogen-bond donors (Lipinski definition) is 1. The van der Waals surface area contributed by atoms with Gasteiger partial charge in [0.2, 0.25) is 0 Å². The first kappa shape index (κ1) is 8.70. The lowest BCUT2D eigenvalue weighted by Gasteiger charge is -1.98. The molecule has 0 fully saturated rings. The third-order valence-corrected chi connectivity index (χ3v) is 1.43. The molecule has 1 nitrogen and oxygen atoms in total. The number of likely N-dealkylation sites (N-methyl/N-ethyl adjacent to an activating group) is 1. The van der Waals surface area contributed by atoms with Crippen LogP contribution in [0.1, 0.15) is 20.3 Å². The zero-order valence-corrected chi connectivity index (χ0v) is 6.65. The van der Waals surface area contributed by atoms with Crippen LogP contribution >= 0.6 is 0 Å². The van der Waals surface area contributed by atoms with E-state index in [1.807, 2.05) is 7.05 Å². The summed E-state index contributed by atoms with van der Waals surface area (Å²) in [6.07, 6.45) is 5.66. The van der Waals surface area contributed by atoms with Crippen LogP contribution in [-0.2, 0) is 0 Å². The molecule has 0 bridgehead atoms. The van der Waals surface area contributed by atoms with Gasteiger partial charge >= 0.3 is 0 Å². The van der Waals surface area contributed by atoms with E-state index in [0.29, 0.717) is 0 Å². The topological polar surface area (TPSA) is 12.0 Å². The van der Waals surface area contributed by atoms with Crippen molar-refractivity contribution >= 4 is 0 Å². The van der Waals surface area contributed by atoms with Gasteiger partial charge in [-0.15, -0.1) is 0 Å². The van der Waals surface area contributed by atoms with Crippen molar-refractivity contribution in [3.8, 4) is 0 Å². The summed E-state index contributed by atoms with van der Waals surface area (Å²) in [4.78, 5) is 0. The molecule has 0 aliphatic carbocycles. The van der Waals surface area contributed by atoms with E-state index >= 15 is 0 Å². The van der Waals surface area contributed by atoms with E-state index in [-0.39, 0.29) is 0 Å². The maximum Gasteiger partial charge on any atom is 0.0131 e. The lowest BCUT2D eigenvalue weighted by Crippen LogP contribution is -2.04. The molecule has 1 N–H and O–H groups in total. The SMILES string of the molecule is CCC(C)C=CCNC. The minimum absolute atomic E-state index is 0.735. The fraction of sp³-hybridized carbons (Fsp3) is 0.750. The Bertz CT molecular complexity index is 76.6. The van der Waals surface area contributed by atoms with E-state index in [9.17, 15) is 0 Å². The second kappa shape index (κ2) is 5.83. The van der Waals surface area contributed by atoms with Gasteiger partial charge in [-0.2, -0.15) is 0 Å². The van der Waals surface area contributed by atoms with Crippen LogP contribution < -0.4 is 5.32 Å². The molecule has 1 unspecified atom stereocenters. The van der Waals surface area contributed by atoms with Crippen molar-refractivity contribution in [2.75, 3.05) is 13.6 Å². The lowest BCUT2D eigenvalue weighted by molar-refractivity contribution is 0.694. The highest BCUT2D eigenvalue weighted by Gasteiger charge is 1.87. The van der Waals surface area contributed by atoms with Gasteiger partial charge in [0, 0.05) is 6.54 Å². The van der Waals surface area contributed by atoms with E-state index in [1.54, 1.807) is 0 Å². The van der Waals surface area contributed by atoms with Gasteiger partial charge in [0.05, 0.1) is 0 Å². The Hall–Kier alpha value is -0.300. The number of rotatable bonds is 4. The van der Waals surface area contributed by atoms with E-state index in [4.69, 9.17) is 0 Å². The average molecular weight is 127 g/mol. The summed E-state index contributed by atoms with van der Waals surface area (Å²) < 4.78 is 0. The molecule has 0 aromatic carbocycles. The zero-order valence-electron chi connectivity index (χ0n) is 6.65. The van der Waals surface area contributed by atoms with Gasteiger partial charge in [0.15, 0.2) is 0 Å².